The maximum atomic E-state index is 13.0. The molecule has 30 heavy (non-hydrogen) atoms. The highest BCUT2D eigenvalue weighted by molar-refractivity contribution is 7.15. The molecule has 0 bridgehead atoms. The fourth-order valence-corrected chi connectivity index (χ4v) is 4.23. The number of hydrogen-bond donors (Lipinski definition) is 1. The zero-order chi connectivity index (χ0) is 21.8. The summed E-state index contributed by atoms with van der Waals surface area (Å²) < 4.78 is 41.1. The van der Waals surface area contributed by atoms with Crippen LogP contribution in [0.5, 0.6) is 0 Å². The first-order valence-corrected chi connectivity index (χ1v) is 9.68. The van der Waals surface area contributed by atoms with Crippen molar-refractivity contribution in [1.29, 1.82) is 0 Å². The van der Waals surface area contributed by atoms with Gasteiger partial charge in [-0.1, -0.05) is 0 Å². The molecule has 3 aromatic rings. The third kappa shape index (κ3) is 3.16. The zero-order valence-corrected chi connectivity index (χ0v) is 16.4. The van der Waals surface area contributed by atoms with Crippen molar-refractivity contribution in [2.45, 2.75) is 19.1 Å². The van der Waals surface area contributed by atoms with Gasteiger partial charge in [-0.05, 0) is 18.6 Å². The fourth-order valence-electron chi connectivity index (χ4n) is 3.35. The Kier molecular flexibility index (Phi) is 4.68. The van der Waals surface area contributed by atoms with E-state index in [-0.39, 0.29) is 39.6 Å². The Morgan fingerprint density at radius 3 is 2.50 bits per heavy atom. The average molecular weight is 440 g/mol. The Hall–Kier alpha value is -3.15. The van der Waals surface area contributed by atoms with Gasteiger partial charge in [0.15, 0.2) is 5.65 Å². The number of carbonyl (C=O) groups is 2. The number of pyridine rings is 1. The number of amides is 1. The monoisotopic (exact) mass is 440 g/mol. The van der Waals surface area contributed by atoms with Gasteiger partial charge in [-0.3, -0.25) is 13.9 Å². The number of aromatic nitrogens is 3. The van der Waals surface area contributed by atoms with Crippen molar-refractivity contribution < 1.29 is 27.9 Å². The zero-order valence-electron chi connectivity index (χ0n) is 15.6. The molecule has 0 saturated carbocycles. The molecule has 1 saturated heterocycles. The molecule has 0 aliphatic carbocycles. The summed E-state index contributed by atoms with van der Waals surface area (Å²) >= 11 is 0.384. The van der Waals surface area contributed by atoms with E-state index in [2.05, 4.69) is 4.98 Å². The molecule has 0 unspecified atom stereocenters. The molecule has 1 amide bonds. The molecule has 0 spiro atoms. The number of thiophene rings is 1. The van der Waals surface area contributed by atoms with Crippen molar-refractivity contribution in [2.24, 2.45) is 7.05 Å². The summed E-state index contributed by atoms with van der Waals surface area (Å²) in [6.07, 6.45) is -2.58. The Bertz CT molecular complexity index is 1240. The smallest absolute Gasteiger partial charge is 0.425 e. The number of aryl methyl sites for hydroxylation is 1. The van der Waals surface area contributed by atoms with Crippen LogP contribution in [0.4, 0.5) is 13.2 Å². The lowest BCUT2D eigenvalue weighted by Gasteiger charge is -2.30. The highest BCUT2D eigenvalue weighted by atomic mass is 32.1. The minimum Gasteiger partial charge on any atom is -0.478 e. The van der Waals surface area contributed by atoms with Crippen LogP contribution in [-0.2, 0) is 24.6 Å². The molecule has 1 N–H and O–H groups in total. The van der Waals surface area contributed by atoms with Gasteiger partial charge in [-0.15, -0.1) is 11.3 Å². The van der Waals surface area contributed by atoms with Gasteiger partial charge in [0.2, 0.25) is 5.91 Å². The molecule has 12 heteroatoms. The van der Waals surface area contributed by atoms with Crippen LogP contribution in [0.3, 0.4) is 0 Å². The van der Waals surface area contributed by atoms with Crippen molar-refractivity contribution in [3.8, 4) is 10.4 Å². The molecule has 158 valence electrons. The third-order valence-corrected chi connectivity index (χ3v) is 6.17. The lowest BCUT2D eigenvalue weighted by atomic mass is 10.1. The minimum absolute atomic E-state index is 0.0326. The number of likely N-dealkylation sites (tertiary alicyclic amines) is 1. The van der Waals surface area contributed by atoms with Crippen LogP contribution in [0.2, 0.25) is 0 Å². The van der Waals surface area contributed by atoms with Gasteiger partial charge < -0.3 is 10.0 Å². The first-order valence-electron chi connectivity index (χ1n) is 8.86. The molecule has 8 nitrogen and oxygen atoms in total. The quantitative estimate of drug-likeness (QED) is 0.672. The molecule has 0 aromatic carbocycles. The number of carboxylic acid groups (broad SMARTS) is 1. The van der Waals surface area contributed by atoms with Crippen LogP contribution in [0.15, 0.2) is 23.1 Å². The molecule has 0 atom stereocenters. The molecule has 0 radical (unpaired) electrons. The summed E-state index contributed by atoms with van der Waals surface area (Å²) in [7, 11) is 1.39. The van der Waals surface area contributed by atoms with Gasteiger partial charge in [0, 0.05) is 36.8 Å². The maximum Gasteiger partial charge on any atom is 0.425 e. The van der Waals surface area contributed by atoms with Gasteiger partial charge in [0.05, 0.1) is 5.56 Å². The molecular formula is C18H15F3N4O4S. The highest BCUT2D eigenvalue weighted by Gasteiger charge is 2.34. The van der Waals surface area contributed by atoms with Crippen LogP contribution >= 0.6 is 11.3 Å². The van der Waals surface area contributed by atoms with Crippen molar-refractivity contribution >= 4 is 34.4 Å². The number of nitrogens with zero attached hydrogens (tertiary/aromatic N) is 4. The van der Waals surface area contributed by atoms with Gasteiger partial charge in [0.25, 0.3) is 0 Å². The van der Waals surface area contributed by atoms with Gasteiger partial charge in [0.1, 0.15) is 16.9 Å². The Labute approximate surface area is 170 Å². The van der Waals surface area contributed by atoms with E-state index >= 15 is 0 Å². The minimum atomic E-state index is -4.57. The standard InChI is InChI=1S/C18H15F3N4O4S/c1-23-15-14(25(17(23)29)8-12(26)24-5-2-6-24)13(16(27)28)9(7-22-15)10-3-4-11(30-10)18(19,20)21/h3-4,7H,2,5-6,8H2,1H3,(H,27,28). The normalized spacial score (nSPS) is 14.2. The predicted octanol–water partition coefficient (Wildman–Crippen LogP) is 2.41. The van der Waals surface area contributed by atoms with Crippen molar-refractivity contribution in [3.05, 3.63) is 39.3 Å². The average Bonchev–Trinajstić information content (AvgIpc) is 3.20. The highest BCUT2D eigenvalue weighted by Crippen LogP contribution is 2.40. The predicted molar refractivity (Wildman–Crippen MR) is 101 cm³/mol. The second kappa shape index (κ2) is 6.97. The van der Waals surface area contributed by atoms with Crippen LogP contribution in [0.25, 0.3) is 21.6 Å². The van der Waals surface area contributed by atoms with Crippen molar-refractivity contribution in [2.75, 3.05) is 13.1 Å². The van der Waals surface area contributed by atoms with E-state index in [0.29, 0.717) is 24.4 Å². The van der Waals surface area contributed by atoms with E-state index in [4.69, 9.17) is 0 Å². The topological polar surface area (TPSA) is 97.4 Å². The van der Waals surface area contributed by atoms with Gasteiger partial charge in [-0.25, -0.2) is 14.6 Å². The largest absolute Gasteiger partial charge is 0.478 e. The second-order valence-corrected chi connectivity index (χ2v) is 7.93. The van der Waals surface area contributed by atoms with E-state index in [0.717, 1.165) is 27.8 Å². The number of carboxylic acids is 1. The first-order chi connectivity index (χ1) is 14.1. The summed E-state index contributed by atoms with van der Waals surface area (Å²) in [5, 5.41) is 9.85. The van der Waals surface area contributed by atoms with Gasteiger partial charge in [-0.2, -0.15) is 13.2 Å². The number of imidazole rings is 1. The van der Waals surface area contributed by atoms with Crippen LogP contribution in [0.1, 0.15) is 21.7 Å². The van der Waals surface area contributed by atoms with Crippen molar-refractivity contribution in [3.63, 3.8) is 0 Å². The third-order valence-electron chi connectivity index (χ3n) is 5.01. The number of alkyl halides is 3. The number of rotatable bonds is 4. The number of aromatic carboxylic acids is 1. The molecule has 4 rings (SSSR count). The SMILES string of the molecule is Cn1c(=O)n(CC(=O)N2CCC2)c2c(C(=O)O)c(-c3ccc(C(F)(F)F)s3)cnc21. The fraction of sp³-hybridized carbons (Fsp3) is 0.333. The molecule has 3 aromatic heterocycles. The van der Waals surface area contributed by atoms with E-state index in [1.165, 1.54) is 18.0 Å². The number of halogens is 3. The summed E-state index contributed by atoms with van der Waals surface area (Å²) in [4.78, 5) is 42.0. The second-order valence-electron chi connectivity index (χ2n) is 6.85. The first kappa shape index (κ1) is 20.1. The number of fused-ring (bicyclic) bond motifs is 1. The van der Waals surface area contributed by atoms with Crippen LogP contribution < -0.4 is 5.69 Å². The lowest BCUT2D eigenvalue weighted by Crippen LogP contribution is -2.44. The summed E-state index contributed by atoms with van der Waals surface area (Å²) in [5.74, 6) is -1.77. The lowest BCUT2D eigenvalue weighted by molar-refractivity contribution is -0.135. The van der Waals surface area contributed by atoms with Crippen LogP contribution in [0, 0.1) is 0 Å². The van der Waals surface area contributed by atoms with E-state index in [9.17, 15) is 32.7 Å². The summed E-state index contributed by atoms with van der Waals surface area (Å²) in [5.41, 5.74) is -1.11. The molecule has 4 heterocycles. The molecule has 1 aliphatic rings. The number of hydrogen-bond acceptors (Lipinski definition) is 5. The summed E-state index contributed by atoms with van der Waals surface area (Å²) in [6, 6.07) is 2.03. The molecular weight excluding hydrogens is 425 g/mol. The maximum absolute atomic E-state index is 13.0. The molecule has 1 fully saturated rings. The van der Waals surface area contributed by atoms with E-state index in [1.54, 1.807) is 0 Å². The van der Waals surface area contributed by atoms with E-state index < -0.39 is 22.7 Å². The Morgan fingerprint density at radius 2 is 1.97 bits per heavy atom. The Balaban J connectivity index is 1.93. The summed E-state index contributed by atoms with van der Waals surface area (Å²) in [6.45, 7) is 0.742. The van der Waals surface area contributed by atoms with Crippen LogP contribution in [-0.4, -0.2) is 49.1 Å². The van der Waals surface area contributed by atoms with E-state index in [1.807, 2.05) is 0 Å². The number of carbonyl (C=O) groups excluding carboxylic acids is 1. The van der Waals surface area contributed by atoms with Gasteiger partial charge >= 0.3 is 17.8 Å². The van der Waals surface area contributed by atoms with Crippen molar-refractivity contribution in [1.82, 2.24) is 19.0 Å². The Morgan fingerprint density at radius 1 is 1.27 bits per heavy atom. The molecule has 1 aliphatic heterocycles.